The third-order valence-electron chi connectivity index (χ3n) is 2.57. The number of nitrogens with two attached hydrogens (primary N) is 1. The maximum Gasteiger partial charge on any atom is 0.256 e. The number of hydrogen-bond donors (Lipinski definition) is 3. The minimum absolute atomic E-state index is 0.239. The van der Waals surface area contributed by atoms with Crippen LogP contribution in [0, 0.1) is 0 Å². The first-order valence-corrected chi connectivity index (χ1v) is 6.37. The van der Waals surface area contributed by atoms with Crippen LogP contribution in [-0.2, 0) is 6.42 Å². The number of amides is 1. The maximum absolute atomic E-state index is 12.0. The lowest BCUT2D eigenvalue weighted by molar-refractivity contribution is 0.102. The van der Waals surface area contributed by atoms with Gasteiger partial charge in [-0.05, 0) is 18.6 Å². The van der Waals surface area contributed by atoms with E-state index in [-0.39, 0.29) is 21.6 Å². The van der Waals surface area contributed by atoms with Gasteiger partial charge in [-0.25, -0.2) is 0 Å². The zero-order chi connectivity index (χ0) is 14.0. The fourth-order valence-electron chi connectivity index (χ4n) is 1.54. The predicted octanol–water partition coefficient (Wildman–Crippen LogP) is 3.11. The van der Waals surface area contributed by atoms with Gasteiger partial charge in [0.2, 0.25) is 0 Å². The van der Waals surface area contributed by atoms with Crippen LogP contribution in [0.2, 0.25) is 10.0 Å². The quantitative estimate of drug-likeness (QED) is 0.761. The van der Waals surface area contributed by atoms with Crippen molar-refractivity contribution in [2.24, 2.45) is 0 Å². The number of aromatic nitrogens is 2. The first kappa shape index (κ1) is 13.7. The summed E-state index contributed by atoms with van der Waals surface area (Å²) in [5.74, 6) is 0.103. The number of benzene rings is 1. The van der Waals surface area contributed by atoms with E-state index >= 15 is 0 Å². The van der Waals surface area contributed by atoms with Crippen LogP contribution in [0.3, 0.4) is 0 Å². The van der Waals surface area contributed by atoms with Crippen LogP contribution in [0.25, 0.3) is 0 Å². The Morgan fingerprint density at radius 3 is 2.74 bits per heavy atom. The molecule has 0 spiro atoms. The number of anilines is 2. The highest BCUT2D eigenvalue weighted by molar-refractivity contribution is 6.44. The summed E-state index contributed by atoms with van der Waals surface area (Å²) in [6.07, 6.45) is 0.808. The lowest BCUT2D eigenvalue weighted by atomic mass is 10.2. The molecule has 1 aromatic carbocycles. The molecule has 0 atom stereocenters. The maximum atomic E-state index is 12.0. The van der Waals surface area contributed by atoms with Gasteiger partial charge >= 0.3 is 0 Å². The third-order valence-corrected chi connectivity index (χ3v) is 3.39. The fraction of sp³-hybridized carbons (Fsp3) is 0.167. The third kappa shape index (κ3) is 3.00. The van der Waals surface area contributed by atoms with Crippen LogP contribution in [-0.4, -0.2) is 16.1 Å². The van der Waals surface area contributed by atoms with Gasteiger partial charge in [-0.1, -0.05) is 30.1 Å². The second kappa shape index (κ2) is 5.50. The summed E-state index contributed by atoms with van der Waals surface area (Å²) in [4.78, 5) is 12.0. The van der Waals surface area contributed by atoms with E-state index < -0.39 is 0 Å². The van der Waals surface area contributed by atoms with Crippen molar-refractivity contribution in [3.8, 4) is 0 Å². The lowest BCUT2D eigenvalue weighted by Gasteiger charge is -2.06. The van der Waals surface area contributed by atoms with E-state index in [0.29, 0.717) is 11.4 Å². The highest BCUT2D eigenvalue weighted by Crippen LogP contribution is 2.29. The number of aryl methyl sites for hydroxylation is 1. The average Bonchev–Trinajstić information content (AvgIpc) is 2.83. The Balaban J connectivity index is 2.20. The Kier molecular flexibility index (Phi) is 3.97. The van der Waals surface area contributed by atoms with Crippen molar-refractivity contribution in [2.45, 2.75) is 13.3 Å². The first-order chi connectivity index (χ1) is 9.01. The molecule has 1 amide bonds. The van der Waals surface area contributed by atoms with E-state index in [4.69, 9.17) is 28.9 Å². The van der Waals surface area contributed by atoms with Crippen LogP contribution in [0.1, 0.15) is 23.0 Å². The van der Waals surface area contributed by atoms with E-state index in [9.17, 15) is 4.79 Å². The zero-order valence-electron chi connectivity index (χ0n) is 10.1. The fourth-order valence-corrected chi connectivity index (χ4v) is 1.87. The molecule has 0 aliphatic rings. The van der Waals surface area contributed by atoms with Gasteiger partial charge in [-0.15, -0.1) is 0 Å². The van der Waals surface area contributed by atoms with Gasteiger partial charge in [0.25, 0.3) is 5.91 Å². The molecule has 2 aromatic rings. The molecule has 5 nitrogen and oxygen atoms in total. The normalized spacial score (nSPS) is 10.5. The molecule has 0 bridgehead atoms. The summed E-state index contributed by atoms with van der Waals surface area (Å²) in [6, 6.07) is 4.69. The number of nitrogens with zero attached hydrogens (tertiary/aromatic N) is 1. The van der Waals surface area contributed by atoms with Crippen molar-refractivity contribution in [1.29, 1.82) is 0 Å². The molecule has 0 unspecified atom stereocenters. The SMILES string of the molecule is CCc1cc(NC(=O)c2cc(N)c(Cl)c(Cl)c2)n[nH]1. The molecule has 100 valence electrons. The largest absolute Gasteiger partial charge is 0.397 e. The Labute approximate surface area is 120 Å². The van der Waals surface area contributed by atoms with E-state index in [2.05, 4.69) is 15.5 Å². The molecule has 7 heteroatoms. The standard InChI is InChI=1S/C12H12Cl2N4O/c1-2-7-5-10(18-17-7)16-12(19)6-3-8(13)11(14)9(15)4-6/h3-5H,2,15H2,1H3,(H2,16,17,18,19). The second-order valence-electron chi connectivity index (χ2n) is 3.95. The molecule has 0 saturated carbocycles. The number of halogens is 2. The number of rotatable bonds is 3. The summed E-state index contributed by atoms with van der Waals surface area (Å²) in [6.45, 7) is 1.98. The summed E-state index contributed by atoms with van der Waals surface area (Å²) >= 11 is 11.7. The van der Waals surface area contributed by atoms with Gasteiger partial charge in [0.15, 0.2) is 5.82 Å². The predicted molar refractivity (Wildman–Crippen MR) is 76.8 cm³/mol. The minimum atomic E-state index is -0.348. The summed E-state index contributed by atoms with van der Waals surface area (Å²) in [5, 5.41) is 9.90. The van der Waals surface area contributed by atoms with E-state index in [1.807, 2.05) is 6.92 Å². The molecular formula is C12H12Cl2N4O. The Morgan fingerprint density at radius 1 is 1.42 bits per heavy atom. The number of carbonyl (C=O) groups excluding carboxylic acids is 1. The zero-order valence-corrected chi connectivity index (χ0v) is 11.6. The number of carbonyl (C=O) groups is 1. The molecule has 0 aliphatic carbocycles. The van der Waals surface area contributed by atoms with Crippen molar-refractivity contribution in [1.82, 2.24) is 10.2 Å². The smallest absolute Gasteiger partial charge is 0.256 e. The van der Waals surface area contributed by atoms with E-state index in [0.717, 1.165) is 12.1 Å². The molecule has 0 aliphatic heterocycles. The van der Waals surface area contributed by atoms with E-state index in [1.54, 1.807) is 6.07 Å². The van der Waals surface area contributed by atoms with Gasteiger partial charge in [0, 0.05) is 17.3 Å². The second-order valence-corrected chi connectivity index (χ2v) is 4.73. The summed E-state index contributed by atoms with van der Waals surface area (Å²) in [7, 11) is 0. The molecule has 19 heavy (non-hydrogen) atoms. The van der Waals surface area contributed by atoms with Crippen LogP contribution < -0.4 is 11.1 Å². The monoisotopic (exact) mass is 298 g/mol. The molecule has 0 fully saturated rings. The van der Waals surface area contributed by atoms with E-state index in [1.165, 1.54) is 12.1 Å². The molecule has 1 heterocycles. The Morgan fingerprint density at radius 2 is 2.16 bits per heavy atom. The lowest BCUT2D eigenvalue weighted by Crippen LogP contribution is -2.12. The number of hydrogen-bond acceptors (Lipinski definition) is 3. The van der Waals surface area contributed by atoms with Crippen LogP contribution >= 0.6 is 23.2 Å². The first-order valence-electron chi connectivity index (χ1n) is 5.61. The average molecular weight is 299 g/mol. The van der Waals surface area contributed by atoms with Crippen LogP contribution in [0.15, 0.2) is 18.2 Å². The number of nitrogen functional groups attached to an aromatic ring is 1. The van der Waals surface area contributed by atoms with Crippen molar-refractivity contribution in [2.75, 3.05) is 11.1 Å². The number of nitrogens with one attached hydrogen (secondary N) is 2. The number of H-pyrrole nitrogens is 1. The molecule has 4 N–H and O–H groups in total. The minimum Gasteiger partial charge on any atom is -0.397 e. The molecule has 1 aromatic heterocycles. The molecular weight excluding hydrogens is 287 g/mol. The van der Waals surface area contributed by atoms with Gasteiger partial charge in [0.05, 0.1) is 15.7 Å². The summed E-state index contributed by atoms with van der Waals surface area (Å²) in [5.41, 5.74) is 7.18. The molecule has 0 saturated heterocycles. The molecule has 2 rings (SSSR count). The van der Waals surface area contributed by atoms with Crippen molar-refractivity contribution in [3.05, 3.63) is 39.5 Å². The molecule has 0 radical (unpaired) electrons. The van der Waals surface area contributed by atoms with Gasteiger partial charge in [-0.2, -0.15) is 5.10 Å². The number of aromatic amines is 1. The highest BCUT2D eigenvalue weighted by atomic mass is 35.5. The van der Waals surface area contributed by atoms with Gasteiger partial charge < -0.3 is 11.1 Å². The van der Waals surface area contributed by atoms with Crippen molar-refractivity contribution in [3.63, 3.8) is 0 Å². The summed E-state index contributed by atoms with van der Waals surface area (Å²) < 4.78 is 0. The Bertz CT molecular complexity index is 601. The Hall–Kier alpha value is -1.72. The van der Waals surface area contributed by atoms with Crippen LogP contribution in [0.4, 0.5) is 11.5 Å². The van der Waals surface area contributed by atoms with Gasteiger partial charge in [0.1, 0.15) is 0 Å². The van der Waals surface area contributed by atoms with Crippen molar-refractivity contribution >= 4 is 40.6 Å². The topological polar surface area (TPSA) is 83.8 Å². The highest BCUT2D eigenvalue weighted by Gasteiger charge is 2.12. The van der Waals surface area contributed by atoms with Crippen LogP contribution in [0.5, 0.6) is 0 Å². The van der Waals surface area contributed by atoms with Gasteiger partial charge in [-0.3, -0.25) is 9.89 Å². The van der Waals surface area contributed by atoms with Crippen molar-refractivity contribution < 1.29 is 4.79 Å².